The molecule has 0 aromatic heterocycles. The summed E-state index contributed by atoms with van der Waals surface area (Å²) in [5, 5.41) is 10.1. The van der Waals surface area contributed by atoms with Crippen molar-refractivity contribution >= 4 is 0 Å². The van der Waals surface area contributed by atoms with Crippen LogP contribution in [0.4, 0.5) is 0 Å². The van der Waals surface area contributed by atoms with Gasteiger partial charge in [-0.3, -0.25) is 0 Å². The Morgan fingerprint density at radius 2 is 1.73 bits per heavy atom. The van der Waals surface area contributed by atoms with Gasteiger partial charge in [-0.25, -0.2) is 0 Å². The SMILES string of the molecule is C/C=C\C(=C/C)C[O-].CC.[K+]. The maximum atomic E-state index is 10.1. The zero-order chi connectivity index (χ0) is 8.41. The summed E-state index contributed by atoms with van der Waals surface area (Å²) in [6.07, 6.45) is 5.52. The van der Waals surface area contributed by atoms with Gasteiger partial charge in [0.05, 0.1) is 0 Å². The summed E-state index contributed by atoms with van der Waals surface area (Å²) in [4.78, 5) is 0. The van der Waals surface area contributed by atoms with E-state index in [1.165, 1.54) is 0 Å². The minimum absolute atomic E-state index is 0. The molecular weight excluding hydrogens is 163 g/mol. The molecule has 0 spiro atoms. The molecular formula is C9H17KO. The second-order valence-electron chi connectivity index (χ2n) is 1.51. The van der Waals surface area contributed by atoms with E-state index in [9.17, 15) is 5.11 Å². The molecule has 1 nitrogen and oxygen atoms in total. The molecule has 0 aliphatic carbocycles. The second-order valence-corrected chi connectivity index (χ2v) is 1.51. The van der Waals surface area contributed by atoms with Crippen LogP contribution in [-0.2, 0) is 0 Å². The fourth-order valence-electron chi connectivity index (χ4n) is 0.442. The second kappa shape index (κ2) is 17.2. The Kier molecular flexibility index (Phi) is 28.2. The van der Waals surface area contributed by atoms with Crippen molar-refractivity contribution in [3.63, 3.8) is 0 Å². The average Bonchev–Trinajstić information content (AvgIpc) is 2.04. The largest absolute Gasteiger partial charge is 1.00 e. The van der Waals surface area contributed by atoms with E-state index in [4.69, 9.17) is 0 Å². The van der Waals surface area contributed by atoms with Crippen molar-refractivity contribution in [1.29, 1.82) is 0 Å². The van der Waals surface area contributed by atoms with Gasteiger partial charge in [0.2, 0.25) is 0 Å². The molecule has 0 fully saturated rings. The van der Waals surface area contributed by atoms with Crippen molar-refractivity contribution < 1.29 is 56.5 Å². The van der Waals surface area contributed by atoms with E-state index < -0.39 is 0 Å². The molecule has 0 rings (SSSR count). The van der Waals surface area contributed by atoms with Gasteiger partial charge in [-0.15, -0.1) is 6.61 Å². The summed E-state index contributed by atoms with van der Waals surface area (Å²) in [5.41, 5.74) is 0.854. The molecule has 2 heteroatoms. The van der Waals surface area contributed by atoms with Gasteiger partial charge in [-0.1, -0.05) is 37.6 Å². The van der Waals surface area contributed by atoms with Gasteiger partial charge in [0, 0.05) is 0 Å². The normalized spacial score (nSPS) is 10.1. The third kappa shape index (κ3) is 14.0. The van der Waals surface area contributed by atoms with Crippen LogP contribution in [0.5, 0.6) is 0 Å². The Balaban J connectivity index is -0.000000196. The zero-order valence-electron chi connectivity index (χ0n) is 8.35. The summed E-state index contributed by atoms with van der Waals surface area (Å²) in [5.74, 6) is 0. The predicted molar refractivity (Wildman–Crippen MR) is 44.8 cm³/mol. The molecule has 0 saturated carbocycles. The maximum Gasteiger partial charge on any atom is 1.00 e. The molecule has 60 valence electrons. The van der Waals surface area contributed by atoms with Crippen LogP contribution >= 0.6 is 0 Å². The Hall–Kier alpha value is 1.08. The molecule has 0 amide bonds. The van der Waals surface area contributed by atoms with Crippen molar-refractivity contribution in [2.45, 2.75) is 27.7 Å². The number of hydrogen-bond donors (Lipinski definition) is 0. The summed E-state index contributed by atoms with van der Waals surface area (Å²) >= 11 is 0. The summed E-state index contributed by atoms with van der Waals surface area (Å²) in [6, 6.07) is 0. The van der Waals surface area contributed by atoms with Crippen molar-refractivity contribution in [1.82, 2.24) is 0 Å². The first kappa shape index (κ1) is 18.0. The summed E-state index contributed by atoms with van der Waals surface area (Å²) in [7, 11) is 0. The molecule has 11 heavy (non-hydrogen) atoms. The molecule has 0 aliphatic heterocycles. The van der Waals surface area contributed by atoms with Crippen LogP contribution in [-0.4, -0.2) is 6.61 Å². The predicted octanol–water partition coefficient (Wildman–Crippen LogP) is -1.10. The zero-order valence-corrected chi connectivity index (χ0v) is 11.5. The first-order chi connectivity index (χ1) is 4.85. The minimum Gasteiger partial charge on any atom is -0.851 e. The molecule has 0 aliphatic rings. The van der Waals surface area contributed by atoms with E-state index in [1.807, 2.05) is 45.9 Å². The number of hydrogen-bond acceptors (Lipinski definition) is 1. The fourth-order valence-corrected chi connectivity index (χ4v) is 0.442. The average molecular weight is 180 g/mol. The van der Waals surface area contributed by atoms with Crippen LogP contribution in [0.2, 0.25) is 0 Å². The third-order valence-electron chi connectivity index (χ3n) is 0.918. The summed E-state index contributed by atoms with van der Waals surface area (Å²) in [6.45, 7) is 7.66. The van der Waals surface area contributed by atoms with E-state index in [0.717, 1.165) is 5.57 Å². The first-order valence-electron chi connectivity index (χ1n) is 3.71. The Bertz CT molecular complexity index is 103. The van der Waals surface area contributed by atoms with Crippen molar-refractivity contribution in [3.05, 3.63) is 23.8 Å². The fraction of sp³-hybridized carbons (Fsp3) is 0.556. The molecule has 0 N–H and O–H groups in total. The van der Waals surface area contributed by atoms with Crippen LogP contribution in [0.3, 0.4) is 0 Å². The van der Waals surface area contributed by atoms with E-state index in [-0.39, 0.29) is 58.0 Å². The molecule has 0 saturated heterocycles. The van der Waals surface area contributed by atoms with E-state index in [0.29, 0.717) is 0 Å². The maximum absolute atomic E-state index is 10.1. The molecule has 0 aromatic carbocycles. The van der Waals surface area contributed by atoms with Gasteiger partial charge in [-0.05, 0) is 13.8 Å². The first-order valence-corrected chi connectivity index (χ1v) is 3.71. The minimum atomic E-state index is -0.110. The van der Waals surface area contributed by atoms with Gasteiger partial charge in [0.15, 0.2) is 0 Å². The molecule has 0 aromatic rings. The molecule has 0 bridgehead atoms. The van der Waals surface area contributed by atoms with Gasteiger partial charge in [0.25, 0.3) is 0 Å². The Morgan fingerprint density at radius 1 is 1.27 bits per heavy atom. The van der Waals surface area contributed by atoms with Crippen LogP contribution < -0.4 is 56.5 Å². The molecule has 0 heterocycles. The topological polar surface area (TPSA) is 23.1 Å². The van der Waals surface area contributed by atoms with Crippen LogP contribution in [0.25, 0.3) is 0 Å². The quantitative estimate of drug-likeness (QED) is 0.391. The van der Waals surface area contributed by atoms with Gasteiger partial charge < -0.3 is 5.11 Å². The standard InChI is InChI=1S/C7H11O.C2H6.K/c1-3-5-7(4-2)6-8;1-2;/h3-5H,6H2,1-2H3;1-2H3;/q-1;;+1/b5-3-,7-4+;;. The van der Waals surface area contributed by atoms with Crippen molar-refractivity contribution in [3.8, 4) is 0 Å². The van der Waals surface area contributed by atoms with Crippen molar-refractivity contribution in [2.75, 3.05) is 6.61 Å². The van der Waals surface area contributed by atoms with Gasteiger partial charge >= 0.3 is 51.4 Å². The smallest absolute Gasteiger partial charge is 0.851 e. The third-order valence-corrected chi connectivity index (χ3v) is 0.918. The molecule has 0 unspecified atom stereocenters. The van der Waals surface area contributed by atoms with Gasteiger partial charge in [-0.2, -0.15) is 0 Å². The monoisotopic (exact) mass is 180 g/mol. The van der Waals surface area contributed by atoms with Crippen LogP contribution in [0.15, 0.2) is 23.8 Å². The number of allylic oxidation sites excluding steroid dienone is 2. The van der Waals surface area contributed by atoms with Gasteiger partial charge in [0.1, 0.15) is 0 Å². The van der Waals surface area contributed by atoms with Crippen LogP contribution in [0, 0.1) is 0 Å². The van der Waals surface area contributed by atoms with Crippen LogP contribution in [0.1, 0.15) is 27.7 Å². The Labute approximate surface area is 113 Å². The Morgan fingerprint density at radius 3 is 1.82 bits per heavy atom. The van der Waals surface area contributed by atoms with E-state index >= 15 is 0 Å². The van der Waals surface area contributed by atoms with E-state index in [2.05, 4.69) is 0 Å². The molecule has 0 atom stereocenters. The van der Waals surface area contributed by atoms with E-state index in [1.54, 1.807) is 0 Å². The number of rotatable bonds is 2. The molecule has 0 radical (unpaired) electrons. The summed E-state index contributed by atoms with van der Waals surface area (Å²) < 4.78 is 0. The van der Waals surface area contributed by atoms with Crippen molar-refractivity contribution in [2.24, 2.45) is 0 Å².